The Labute approximate surface area is 208 Å². The minimum atomic E-state index is 0. The first-order chi connectivity index (χ1) is 15.9. The van der Waals surface area contributed by atoms with E-state index in [1.807, 2.05) is 97.1 Å². The molecule has 0 atom stereocenters. The summed E-state index contributed by atoms with van der Waals surface area (Å²) in [6.07, 6.45) is 0. The second kappa shape index (κ2) is 10.4. The quantitative estimate of drug-likeness (QED) is 0.163. The summed E-state index contributed by atoms with van der Waals surface area (Å²) in [6.45, 7) is 0. The Balaban J connectivity index is 0.00000259. The van der Waals surface area contributed by atoms with Crippen molar-refractivity contribution in [2.75, 3.05) is 0 Å². The van der Waals surface area contributed by atoms with Crippen LogP contribution in [0.5, 0.6) is 5.75 Å². The van der Waals surface area contributed by atoms with Gasteiger partial charge in [0.05, 0.1) is 0 Å². The van der Waals surface area contributed by atoms with Crippen molar-refractivity contribution >= 4 is 0 Å². The molecule has 0 amide bonds. The maximum absolute atomic E-state index is 10.3. The smallest absolute Gasteiger partial charge is 0.181 e. The normalized spacial score (nSPS) is 10.3. The topological polar surface area (TPSA) is 29.5 Å². The summed E-state index contributed by atoms with van der Waals surface area (Å²) in [4.78, 5) is 5.21. The largest absolute Gasteiger partial charge is 0.339 e. The van der Waals surface area contributed by atoms with Gasteiger partial charge in [0, 0.05) is 32.2 Å². The number of hydrogen-bond donors (Lipinski definition) is 1. The summed E-state index contributed by atoms with van der Waals surface area (Å²) in [7, 11) is 0. The molecule has 0 bridgehead atoms. The van der Waals surface area contributed by atoms with Gasteiger partial charge < -0.3 is 4.89 Å². The summed E-state index contributed by atoms with van der Waals surface area (Å²) in [5, 5.41) is 10.3. The van der Waals surface area contributed by atoms with Crippen LogP contribution in [0.3, 0.4) is 0 Å². The van der Waals surface area contributed by atoms with Crippen molar-refractivity contribution in [2.45, 2.75) is 0 Å². The van der Waals surface area contributed by atoms with Crippen molar-refractivity contribution in [3.05, 3.63) is 127 Å². The van der Waals surface area contributed by atoms with E-state index in [9.17, 15) is 5.26 Å². The minimum absolute atomic E-state index is 0. The molecule has 1 N–H and O–H groups in total. The van der Waals surface area contributed by atoms with E-state index in [1.165, 1.54) is 0 Å². The maximum Gasteiger partial charge on any atom is 0.181 e. The van der Waals surface area contributed by atoms with E-state index in [1.54, 1.807) is 0 Å². The van der Waals surface area contributed by atoms with Crippen molar-refractivity contribution < 1.29 is 31.2 Å². The van der Waals surface area contributed by atoms with Gasteiger partial charge in [-0.2, -0.15) is 0 Å². The van der Waals surface area contributed by atoms with E-state index in [2.05, 4.69) is 30.3 Å². The molecule has 2 nitrogen and oxygen atoms in total. The molecule has 3 heteroatoms. The van der Waals surface area contributed by atoms with Crippen molar-refractivity contribution in [1.82, 2.24) is 0 Å². The van der Waals surface area contributed by atoms with Crippen LogP contribution in [0, 0.1) is 0 Å². The van der Waals surface area contributed by atoms with Gasteiger partial charge in [-0.1, -0.05) is 121 Å². The fourth-order valence-electron chi connectivity index (χ4n) is 4.22. The summed E-state index contributed by atoms with van der Waals surface area (Å²) in [6, 6.07) is 42.8. The van der Waals surface area contributed by atoms with Crippen LogP contribution in [0.2, 0.25) is 0 Å². The van der Waals surface area contributed by atoms with Gasteiger partial charge in [0.15, 0.2) is 5.75 Å². The molecule has 0 radical (unpaired) electrons. The molecule has 5 rings (SSSR count). The molecule has 0 fully saturated rings. The Kier molecular flexibility index (Phi) is 7.19. The molecule has 0 spiro atoms. The van der Waals surface area contributed by atoms with E-state index >= 15 is 0 Å². The average molecular weight is 598 g/mol. The van der Waals surface area contributed by atoms with Gasteiger partial charge in [-0.05, 0) is 39.4 Å². The third-order valence-corrected chi connectivity index (χ3v) is 5.67. The van der Waals surface area contributed by atoms with Gasteiger partial charge in [0.25, 0.3) is 0 Å². The monoisotopic (exact) mass is 598 g/mol. The molecule has 0 aromatic heterocycles. The standard InChI is InChI=1S/C30H22O2.W/c31-32-30-28(24-17-9-3-10-18-24)26(22-13-5-1-6-14-22)21-27(23-15-7-2-8-16-23)29(30)25-19-11-4-12-20-25;/h1-21,31H;. The van der Waals surface area contributed by atoms with Crippen molar-refractivity contribution in [2.24, 2.45) is 0 Å². The molecule has 0 aliphatic rings. The van der Waals surface area contributed by atoms with Gasteiger partial charge in [0.1, 0.15) is 0 Å². The predicted molar refractivity (Wildman–Crippen MR) is 131 cm³/mol. The van der Waals surface area contributed by atoms with Gasteiger partial charge in [-0.3, -0.25) is 0 Å². The Morgan fingerprint density at radius 1 is 0.424 bits per heavy atom. The molecule has 5 aromatic carbocycles. The van der Waals surface area contributed by atoms with Gasteiger partial charge in [-0.25, -0.2) is 5.26 Å². The van der Waals surface area contributed by atoms with Crippen LogP contribution >= 0.6 is 0 Å². The molecule has 0 saturated carbocycles. The fraction of sp³-hybridized carbons (Fsp3) is 0. The first kappa shape index (κ1) is 22.7. The minimum Gasteiger partial charge on any atom is -0.339 e. The Hall–Kier alpha value is -3.45. The molecule has 160 valence electrons. The van der Waals surface area contributed by atoms with E-state index in [0.717, 1.165) is 44.5 Å². The molecular formula is C30H22O2W. The molecule has 0 saturated heterocycles. The number of rotatable bonds is 5. The van der Waals surface area contributed by atoms with Crippen molar-refractivity contribution in [3.63, 3.8) is 0 Å². The zero-order valence-corrected chi connectivity index (χ0v) is 20.8. The number of hydrogen-bond acceptors (Lipinski definition) is 2. The molecule has 33 heavy (non-hydrogen) atoms. The number of benzene rings is 5. The first-order valence-corrected chi connectivity index (χ1v) is 10.6. The maximum atomic E-state index is 10.3. The zero-order valence-electron chi connectivity index (χ0n) is 17.9. The predicted octanol–water partition coefficient (Wildman–Crippen LogP) is 8.20. The Morgan fingerprint density at radius 3 is 1.03 bits per heavy atom. The van der Waals surface area contributed by atoms with Crippen LogP contribution in [0.25, 0.3) is 44.5 Å². The van der Waals surface area contributed by atoms with Crippen LogP contribution in [0.1, 0.15) is 0 Å². The summed E-state index contributed by atoms with van der Waals surface area (Å²) in [5.41, 5.74) is 7.79. The van der Waals surface area contributed by atoms with E-state index in [4.69, 9.17) is 4.89 Å². The van der Waals surface area contributed by atoms with Crippen LogP contribution in [-0.2, 0) is 21.1 Å². The summed E-state index contributed by atoms with van der Waals surface area (Å²) < 4.78 is 0. The first-order valence-electron chi connectivity index (χ1n) is 10.6. The molecule has 0 aliphatic heterocycles. The third-order valence-electron chi connectivity index (χ3n) is 5.67. The molecular weight excluding hydrogens is 576 g/mol. The zero-order chi connectivity index (χ0) is 21.8. The summed E-state index contributed by atoms with van der Waals surface area (Å²) >= 11 is 0. The fourth-order valence-corrected chi connectivity index (χ4v) is 4.22. The second-order valence-corrected chi connectivity index (χ2v) is 7.61. The van der Waals surface area contributed by atoms with Crippen LogP contribution in [0.15, 0.2) is 127 Å². The van der Waals surface area contributed by atoms with E-state index < -0.39 is 0 Å². The van der Waals surface area contributed by atoms with Gasteiger partial charge in [0.2, 0.25) is 0 Å². The summed E-state index contributed by atoms with van der Waals surface area (Å²) in [5.74, 6) is 0.447. The van der Waals surface area contributed by atoms with Crippen LogP contribution in [-0.4, -0.2) is 5.26 Å². The Bertz CT molecular complexity index is 1220. The van der Waals surface area contributed by atoms with Crippen LogP contribution in [0.4, 0.5) is 0 Å². The average Bonchev–Trinajstić information content (AvgIpc) is 2.89. The molecule has 0 aliphatic carbocycles. The van der Waals surface area contributed by atoms with Gasteiger partial charge in [-0.15, -0.1) is 0 Å². The third kappa shape index (κ3) is 4.54. The van der Waals surface area contributed by atoms with Crippen molar-refractivity contribution in [1.29, 1.82) is 0 Å². The van der Waals surface area contributed by atoms with Crippen molar-refractivity contribution in [3.8, 4) is 50.3 Å². The second-order valence-electron chi connectivity index (χ2n) is 7.61. The Morgan fingerprint density at radius 2 is 0.727 bits per heavy atom. The molecule has 5 aromatic rings. The van der Waals surface area contributed by atoms with E-state index in [0.29, 0.717) is 5.75 Å². The SMILES string of the molecule is OOc1c(-c2ccccc2)c(-c2ccccc2)cc(-c2ccccc2)c1-c1ccccc1.[W]. The van der Waals surface area contributed by atoms with E-state index in [-0.39, 0.29) is 21.1 Å². The van der Waals surface area contributed by atoms with Gasteiger partial charge >= 0.3 is 0 Å². The molecule has 0 heterocycles. The molecule has 0 unspecified atom stereocenters. The van der Waals surface area contributed by atoms with Crippen LogP contribution < -0.4 is 4.89 Å².